The van der Waals surface area contributed by atoms with Crippen LogP contribution in [-0.2, 0) is 9.59 Å². The maximum Gasteiger partial charge on any atom is 0.273 e. The lowest BCUT2D eigenvalue weighted by Crippen LogP contribution is -2.56. The molecule has 2 aliphatic rings. The first-order chi connectivity index (χ1) is 15.3. The molecule has 7 heteroatoms. The van der Waals surface area contributed by atoms with E-state index in [1.54, 1.807) is 42.5 Å². The second-order valence-corrected chi connectivity index (χ2v) is 8.69. The van der Waals surface area contributed by atoms with Crippen LogP contribution >= 0.6 is 11.6 Å². The lowest BCUT2D eigenvalue weighted by atomic mass is 9.82. The maximum absolute atomic E-state index is 13.6. The molecule has 0 bridgehead atoms. The van der Waals surface area contributed by atoms with Crippen molar-refractivity contribution in [3.63, 3.8) is 0 Å². The Morgan fingerprint density at radius 1 is 0.969 bits per heavy atom. The molecule has 1 fully saturated rings. The molecule has 1 aliphatic carbocycles. The monoisotopic (exact) mass is 450 g/mol. The molecule has 0 aromatic heterocycles. The van der Waals surface area contributed by atoms with Gasteiger partial charge in [0.25, 0.3) is 17.7 Å². The number of hydrazine groups is 1. The number of allylic oxidation sites excluding steroid dienone is 2. The average Bonchev–Trinajstić information content (AvgIpc) is 3.04. The minimum Gasteiger partial charge on any atom is -0.292 e. The van der Waals surface area contributed by atoms with Gasteiger partial charge in [-0.05, 0) is 51.0 Å². The van der Waals surface area contributed by atoms with Crippen LogP contribution in [0.25, 0.3) is 0 Å². The standard InChI is InChI=1S/C25H23ClN2O4/c1-15-8-13-20-21(14-15)25(32)28(24(20)31)27(23(30)18-9-11-19(26)12-10-18)16(2)22(29)17-6-4-3-5-7-17/h3-12,16,20-21H,13-14H2,1-2H3/t16-,20+,21-/m1/s1. The molecule has 32 heavy (non-hydrogen) atoms. The van der Waals surface area contributed by atoms with E-state index in [4.69, 9.17) is 11.6 Å². The van der Waals surface area contributed by atoms with Gasteiger partial charge >= 0.3 is 0 Å². The lowest BCUT2D eigenvalue weighted by Gasteiger charge is -2.34. The molecule has 2 aromatic carbocycles. The van der Waals surface area contributed by atoms with Crippen molar-refractivity contribution in [2.45, 2.75) is 32.7 Å². The number of carbonyl (C=O) groups excluding carboxylic acids is 4. The van der Waals surface area contributed by atoms with Crippen LogP contribution in [-0.4, -0.2) is 39.6 Å². The third-order valence-corrected chi connectivity index (χ3v) is 6.37. The molecule has 164 valence electrons. The van der Waals surface area contributed by atoms with Crippen molar-refractivity contribution >= 4 is 35.1 Å². The minimum atomic E-state index is -1.07. The van der Waals surface area contributed by atoms with Gasteiger partial charge in [-0.25, -0.2) is 5.01 Å². The van der Waals surface area contributed by atoms with Crippen LogP contribution in [0.3, 0.4) is 0 Å². The van der Waals surface area contributed by atoms with Gasteiger partial charge in [-0.15, -0.1) is 0 Å². The minimum absolute atomic E-state index is 0.229. The second-order valence-electron chi connectivity index (χ2n) is 8.25. The lowest BCUT2D eigenvalue weighted by molar-refractivity contribution is -0.156. The highest BCUT2D eigenvalue weighted by Crippen LogP contribution is 2.39. The van der Waals surface area contributed by atoms with E-state index in [-0.39, 0.29) is 11.3 Å². The molecule has 3 atom stereocenters. The molecule has 0 spiro atoms. The van der Waals surface area contributed by atoms with Crippen LogP contribution in [0.2, 0.25) is 5.02 Å². The van der Waals surface area contributed by atoms with Crippen LogP contribution in [0.5, 0.6) is 0 Å². The Morgan fingerprint density at radius 2 is 1.59 bits per heavy atom. The number of nitrogens with zero attached hydrogens (tertiary/aromatic N) is 2. The Labute approximate surface area is 191 Å². The third kappa shape index (κ3) is 3.86. The Balaban J connectivity index is 1.75. The number of Topliss-reactive ketones (excluding diaryl/α,β-unsaturated/α-hetero) is 1. The summed E-state index contributed by atoms with van der Waals surface area (Å²) in [6.45, 7) is 3.46. The van der Waals surface area contributed by atoms with Gasteiger partial charge in [0.1, 0.15) is 6.04 Å². The van der Waals surface area contributed by atoms with E-state index in [2.05, 4.69) is 0 Å². The molecule has 1 saturated heterocycles. The molecule has 1 aliphatic heterocycles. The van der Waals surface area contributed by atoms with Crippen molar-refractivity contribution in [2.75, 3.05) is 0 Å². The van der Waals surface area contributed by atoms with Crippen molar-refractivity contribution < 1.29 is 19.2 Å². The molecule has 0 saturated carbocycles. The van der Waals surface area contributed by atoms with Gasteiger partial charge in [-0.3, -0.25) is 19.2 Å². The molecule has 0 unspecified atom stereocenters. The number of hydrogen-bond donors (Lipinski definition) is 0. The van der Waals surface area contributed by atoms with Gasteiger partial charge in [0, 0.05) is 16.1 Å². The van der Waals surface area contributed by atoms with Crippen molar-refractivity contribution in [2.24, 2.45) is 11.8 Å². The SMILES string of the molecule is CC1=CC[C@@H]2C(=O)N(N(C(=O)c3ccc(Cl)cc3)[C@H](C)C(=O)c3ccccc3)C(=O)[C@@H]2C1. The summed E-state index contributed by atoms with van der Waals surface area (Å²) in [6.07, 6.45) is 2.87. The van der Waals surface area contributed by atoms with E-state index in [0.29, 0.717) is 23.4 Å². The fraction of sp³-hybridized carbons (Fsp3) is 0.280. The molecular weight excluding hydrogens is 428 g/mol. The van der Waals surface area contributed by atoms with Gasteiger partial charge in [-0.2, -0.15) is 5.01 Å². The number of amides is 3. The van der Waals surface area contributed by atoms with Gasteiger partial charge < -0.3 is 0 Å². The van der Waals surface area contributed by atoms with E-state index in [1.165, 1.54) is 19.1 Å². The van der Waals surface area contributed by atoms with Crippen LogP contribution in [0.15, 0.2) is 66.2 Å². The zero-order chi connectivity index (χ0) is 23.0. The first-order valence-corrected chi connectivity index (χ1v) is 10.9. The van der Waals surface area contributed by atoms with E-state index in [1.807, 2.05) is 13.0 Å². The summed E-state index contributed by atoms with van der Waals surface area (Å²) >= 11 is 5.96. The highest BCUT2D eigenvalue weighted by Gasteiger charge is 2.53. The predicted octanol–water partition coefficient (Wildman–Crippen LogP) is 4.31. The van der Waals surface area contributed by atoms with Gasteiger partial charge in [0.05, 0.1) is 11.8 Å². The summed E-state index contributed by atoms with van der Waals surface area (Å²) in [7, 11) is 0. The smallest absolute Gasteiger partial charge is 0.273 e. The Hall–Kier alpha value is -3.25. The molecule has 6 nitrogen and oxygen atoms in total. The Bertz CT molecular complexity index is 1110. The second kappa shape index (κ2) is 8.71. The summed E-state index contributed by atoms with van der Waals surface area (Å²) in [5, 5.41) is 2.38. The van der Waals surface area contributed by atoms with Gasteiger partial charge in [-0.1, -0.05) is 53.6 Å². The van der Waals surface area contributed by atoms with Crippen LogP contribution < -0.4 is 0 Å². The van der Waals surface area contributed by atoms with Gasteiger partial charge in [0.15, 0.2) is 5.78 Å². The van der Waals surface area contributed by atoms with E-state index in [0.717, 1.165) is 15.6 Å². The highest BCUT2D eigenvalue weighted by atomic mass is 35.5. The average molecular weight is 451 g/mol. The molecular formula is C25H23ClN2O4. The topological polar surface area (TPSA) is 74.8 Å². The zero-order valence-electron chi connectivity index (χ0n) is 17.8. The number of fused-ring (bicyclic) bond motifs is 1. The van der Waals surface area contributed by atoms with Crippen molar-refractivity contribution in [3.05, 3.63) is 82.4 Å². The summed E-state index contributed by atoms with van der Waals surface area (Å²) in [5.41, 5.74) is 1.66. The summed E-state index contributed by atoms with van der Waals surface area (Å²) in [4.78, 5) is 53.4. The normalized spacial score (nSPS) is 21.1. The number of benzene rings is 2. The molecule has 1 heterocycles. The van der Waals surface area contributed by atoms with E-state index < -0.39 is 35.6 Å². The number of carbonyl (C=O) groups is 4. The number of ketones is 1. The zero-order valence-corrected chi connectivity index (χ0v) is 18.6. The number of halogens is 1. The number of imide groups is 1. The summed E-state index contributed by atoms with van der Waals surface area (Å²) < 4.78 is 0. The van der Waals surface area contributed by atoms with Crippen molar-refractivity contribution in [1.82, 2.24) is 10.0 Å². The van der Waals surface area contributed by atoms with E-state index >= 15 is 0 Å². The third-order valence-electron chi connectivity index (χ3n) is 6.12. The molecule has 2 aromatic rings. The van der Waals surface area contributed by atoms with Crippen molar-refractivity contribution in [3.8, 4) is 0 Å². The largest absolute Gasteiger partial charge is 0.292 e. The summed E-state index contributed by atoms with van der Waals surface area (Å²) in [5.74, 6) is -2.90. The number of rotatable bonds is 5. The first-order valence-electron chi connectivity index (χ1n) is 10.5. The Morgan fingerprint density at radius 3 is 2.25 bits per heavy atom. The van der Waals surface area contributed by atoms with Crippen LogP contribution in [0.4, 0.5) is 0 Å². The number of hydrogen-bond acceptors (Lipinski definition) is 4. The van der Waals surface area contributed by atoms with Crippen LogP contribution in [0, 0.1) is 11.8 Å². The quantitative estimate of drug-likeness (QED) is 0.386. The maximum atomic E-state index is 13.6. The van der Waals surface area contributed by atoms with E-state index in [9.17, 15) is 19.2 Å². The van der Waals surface area contributed by atoms with Gasteiger partial charge in [0.2, 0.25) is 0 Å². The van der Waals surface area contributed by atoms with Crippen LogP contribution in [0.1, 0.15) is 47.4 Å². The molecule has 4 rings (SSSR count). The fourth-order valence-corrected chi connectivity index (χ4v) is 4.48. The predicted molar refractivity (Wildman–Crippen MR) is 120 cm³/mol. The molecule has 0 radical (unpaired) electrons. The first kappa shape index (κ1) is 22.0. The fourth-order valence-electron chi connectivity index (χ4n) is 4.35. The highest BCUT2D eigenvalue weighted by molar-refractivity contribution is 6.30. The Kier molecular flexibility index (Phi) is 5.98. The molecule has 0 N–H and O–H groups in total. The summed E-state index contributed by atoms with van der Waals surface area (Å²) in [6, 6.07) is 13.6. The molecule has 3 amide bonds. The van der Waals surface area contributed by atoms with Crippen molar-refractivity contribution in [1.29, 1.82) is 0 Å².